The highest BCUT2D eigenvalue weighted by Gasteiger charge is 2.41. The van der Waals surface area contributed by atoms with Crippen LogP contribution in [0.25, 0.3) is 0 Å². The molecule has 0 saturated carbocycles. The van der Waals surface area contributed by atoms with E-state index in [0.29, 0.717) is 6.61 Å². The maximum absolute atomic E-state index is 12.2. The van der Waals surface area contributed by atoms with Gasteiger partial charge in [0.05, 0.1) is 12.6 Å². The Morgan fingerprint density at radius 2 is 1.43 bits per heavy atom. The molecule has 2 fully saturated rings. The first-order valence-corrected chi connectivity index (χ1v) is 14.2. The van der Waals surface area contributed by atoms with Crippen LogP contribution in [0.3, 0.4) is 0 Å². The fourth-order valence-electron chi connectivity index (χ4n) is 4.91. The molecule has 2 rings (SSSR count). The van der Waals surface area contributed by atoms with Gasteiger partial charge in [-0.15, -0.1) is 0 Å². The van der Waals surface area contributed by atoms with E-state index >= 15 is 0 Å². The molecule has 2 aliphatic heterocycles. The summed E-state index contributed by atoms with van der Waals surface area (Å²) in [5.74, 6) is -0.871. The van der Waals surface area contributed by atoms with Crippen molar-refractivity contribution in [2.24, 2.45) is 5.92 Å². The molecule has 0 spiro atoms. The molecule has 37 heavy (non-hydrogen) atoms. The van der Waals surface area contributed by atoms with Crippen LogP contribution in [0, 0.1) is 5.92 Å². The molecule has 4 N–H and O–H groups in total. The number of rotatable bonds is 17. The lowest BCUT2D eigenvalue weighted by molar-refractivity contribution is -0.270. The molecule has 0 aromatic carbocycles. The van der Waals surface area contributed by atoms with Gasteiger partial charge in [0.2, 0.25) is 0 Å². The third kappa shape index (κ3) is 9.62. The van der Waals surface area contributed by atoms with Gasteiger partial charge in [-0.05, 0) is 19.8 Å². The van der Waals surface area contributed by atoms with Gasteiger partial charge in [0, 0.05) is 19.6 Å². The lowest BCUT2D eigenvalue weighted by Crippen LogP contribution is -2.53. The average molecular weight is 528 g/mol. The highest BCUT2D eigenvalue weighted by Crippen LogP contribution is 2.27. The van der Waals surface area contributed by atoms with E-state index in [1.165, 1.54) is 43.4 Å². The minimum Gasteiger partial charge on any atom is -0.511 e. The van der Waals surface area contributed by atoms with Crippen molar-refractivity contribution in [1.82, 2.24) is 4.90 Å². The monoisotopic (exact) mass is 527 g/mol. The van der Waals surface area contributed by atoms with Crippen LogP contribution in [0.5, 0.6) is 0 Å². The average Bonchev–Trinajstić information content (AvgIpc) is 3.07. The zero-order valence-electron chi connectivity index (χ0n) is 22.9. The zero-order chi connectivity index (χ0) is 27.4. The van der Waals surface area contributed by atoms with Crippen LogP contribution >= 0.6 is 0 Å². The molecule has 2 aliphatic rings. The van der Waals surface area contributed by atoms with E-state index in [4.69, 9.17) is 9.47 Å². The van der Waals surface area contributed by atoms with E-state index in [9.17, 15) is 30.0 Å². The van der Waals surface area contributed by atoms with Crippen LogP contribution in [0.2, 0.25) is 0 Å². The van der Waals surface area contributed by atoms with Crippen molar-refractivity contribution < 1.29 is 39.5 Å². The number of unbranched alkanes of at least 4 members (excludes halogenated alkanes) is 11. The van der Waals surface area contributed by atoms with E-state index in [1.807, 2.05) is 6.92 Å². The molecule has 1 amide bonds. The number of allylic oxidation sites excluding steroid dienone is 1. The van der Waals surface area contributed by atoms with Crippen molar-refractivity contribution in [3.05, 3.63) is 11.3 Å². The summed E-state index contributed by atoms with van der Waals surface area (Å²) in [6.07, 6.45) is 10.0. The third-order valence-electron chi connectivity index (χ3n) is 7.73. The SMILES string of the molecule is C[C@@H](CCCCCCCCCCCCCCO[C@@H]1OC[C@@H](O)C(O)C1O)/C(O)=C1\C(=O)[C@H](C)N(C)C1=O. The number of carbonyl (C=O) groups is 2. The molecule has 6 atom stereocenters. The van der Waals surface area contributed by atoms with Gasteiger partial charge in [-0.3, -0.25) is 9.59 Å². The molecule has 2 heterocycles. The number of aliphatic hydroxyl groups excluding tert-OH is 4. The second kappa shape index (κ2) is 16.4. The van der Waals surface area contributed by atoms with Gasteiger partial charge >= 0.3 is 0 Å². The Morgan fingerprint density at radius 1 is 0.919 bits per heavy atom. The summed E-state index contributed by atoms with van der Waals surface area (Å²) in [7, 11) is 1.59. The summed E-state index contributed by atoms with van der Waals surface area (Å²) in [5.41, 5.74) is -0.0213. The molecule has 2 saturated heterocycles. The quantitative estimate of drug-likeness (QED) is 0.0978. The molecule has 9 nitrogen and oxygen atoms in total. The second-order valence-corrected chi connectivity index (χ2v) is 10.8. The third-order valence-corrected chi connectivity index (χ3v) is 7.73. The summed E-state index contributed by atoms with van der Waals surface area (Å²) >= 11 is 0. The fourth-order valence-corrected chi connectivity index (χ4v) is 4.91. The maximum atomic E-state index is 12.2. The van der Waals surface area contributed by atoms with Gasteiger partial charge in [0.25, 0.3) is 5.91 Å². The Bertz CT molecular complexity index is 720. The Labute approximate surface area is 221 Å². The van der Waals surface area contributed by atoms with Crippen molar-refractivity contribution in [3.8, 4) is 0 Å². The summed E-state index contributed by atoms with van der Waals surface area (Å²) < 4.78 is 10.7. The Hall–Kier alpha value is -1.52. The molecule has 0 aromatic rings. The summed E-state index contributed by atoms with van der Waals surface area (Å²) in [6.45, 7) is 4.00. The predicted molar refractivity (Wildman–Crippen MR) is 140 cm³/mol. The van der Waals surface area contributed by atoms with Crippen molar-refractivity contribution in [2.45, 2.75) is 128 Å². The van der Waals surface area contributed by atoms with Gasteiger partial charge in [0.15, 0.2) is 12.1 Å². The number of ether oxygens (including phenoxy) is 2. The van der Waals surface area contributed by atoms with E-state index in [1.54, 1.807) is 14.0 Å². The molecular formula is C28H49NO8. The molecule has 0 aromatic heterocycles. The van der Waals surface area contributed by atoms with E-state index in [0.717, 1.165) is 44.9 Å². The largest absolute Gasteiger partial charge is 0.511 e. The number of aliphatic hydroxyl groups is 4. The number of amides is 1. The van der Waals surface area contributed by atoms with Gasteiger partial charge in [-0.25, -0.2) is 0 Å². The number of carbonyl (C=O) groups excluding carboxylic acids is 2. The first-order valence-electron chi connectivity index (χ1n) is 14.2. The Kier molecular flexibility index (Phi) is 14.1. The van der Waals surface area contributed by atoms with Crippen LogP contribution in [0.15, 0.2) is 11.3 Å². The highest BCUT2D eigenvalue weighted by atomic mass is 16.7. The van der Waals surface area contributed by atoms with Gasteiger partial charge in [-0.1, -0.05) is 77.6 Å². The number of hydrogen-bond acceptors (Lipinski definition) is 8. The van der Waals surface area contributed by atoms with Crippen molar-refractivity contribution in [3.63, 3.8) is 0 Å². The predicted octanol–water partition coefficient (Wildman–Crippen LogP) is 3.39. The summed E-state index contributed by atoms with van der Waals surface area (Å²) in [6, 6.07) is -0.498. The Balaban J connectivity index is 1.39. The number of ketones is 1. The lowest BCUT2D eigenvalue weighted by Gasteiger charge is -2.34. The molecule has 214 valence electrons. The number of hydrogen-bond donors (Lipinski definition) is 4. The zero-order valence-corrected chi connectivity index (χ0v) is 22.9. The van der Waals surface area contributed by atoms with Gasteiger partial charge < -0.3 is 34.8 Å². The number of likely N-dealkylation sites (N-methyl/N-ethyl adjacent to an activating group) is 1. The smallest absolute Gasteiger partial charge is 0.261 e. The molecule has 0 aliphatic carbocycles. The minimum absolute atomic E-state index is 0.0213. The number of nitrogens with zero attached hydrogens (tertiary/aromatic N) is 1. The van der Waals surface area contributed by atoms with Crippen LogP contribution in [0.4, 0.5) is 0 Å². The fraction of sp³-hybridized carbons (Fsp3) is 0.857. The molecular weight excluding hydrogens is 478 g/mol. The minimum atomic E-state index is -1.23. The first kappa shape index (κ1) is 31.7. The van der Waals surface area contributed by atoms with Crippen molar-refractivity contribution in [1.29, 1.82) is 0 Å². The molecule has 0 bridgehead atoms. The van der Waals surface area contributed by atoms with Crippen LogP contribution < -0.4 is 0 Å². The molecule has 0 radical (unpaired) electrons. The van der Waals surface area contributed by atoms with Crippen molar-refractivity contribution >= 4 is 11.7 Å². The Morgan fingerprint density at radius 3 is 1.95 bits per heavy atom. The van der Waals surface area contributed by atoms with Crippen molar-refractivity contribution in [2.75, 3.05) is 20.3 Å². The summed E-state index contributed by atoms with van der Waals surface area (Å²) in [5, 5.41) is 39.4. The van der Waals surface area contributed by atoms with E-state index in [-0.39, 0.29) is 35.5 Å². The van der Waals surface area contributed by atoms with Crippen LogP contribution in [-0.2, 0) is 19.1 Å². The van der Waals surface area contributed by atoms with Gasteiger partial charge in [0.1, 0.15) is 29.6 Å². The van der Waals surface area contributed by atoms with Gasteiger partial charge in [-0.2, -0.15) is 0 Å². The second-order valence-electron chi connectivity index (χ2n) is 10.8. The molecule has 9 heteroatoms. The van der Waals surface area contributed by atoms with Crippen LogP contribution in [0.1, 0.15) is 97.3 Å². The summed E-state index contributed by atoms with van der Waals surface area (Å²) in [4.78, 5) is 25.8. The normalized spacial score (nSPS) is 28.7. The number of likely N-dealkylation sites (tertiary alicyclic amines) is 1. The van der Waals surface area contributed by atoms with Crippen LogP contribution in [-0.4, -0.2) is 87.9 Å². The molecule has 2 unspecified atom stereocenters. The number of Topliss-reactive ketones (excluding diaryl/α,β-unsaturated/α-hetero) is 1. The van der Waals surface area contributed by atoms with E-state index in [2.05, 4.69) is 0 Å². The standard InChI is InChI=1S/C28H49NO8/c1-19(23(31)22-24(32)20(2)29(3)27(22)35)16-14-12-10-8-6-4-5-7-9-11-13-15-17-36-28-26(34)25(33)21(30)18-37-28/h19-21,25-26,28,30-31,33-34H,4-18H2,1-3H3/b23-22-/t19-,20-,21+,25?,26?,28+/m0/s1. The maximum Gasteiger partial charge on any atom is 0.261 e. The first-order chi connectivity index (χ1) is 17.7. The highest BCUT2D eigenvalue weighted by molar-refractivity contribution is 6.26. The lowest BCUT2D eigenvalue weighted by atomic mass is 9.95. The topological polar surface area (TPSA) is 137 Å². The van der Waals surface area contributed by atoms with E-state index < -0.39 is 30.6 Å².